The number of benzene rings is 1. The molecule has 106 valence electrons. The molecule has 21 heavy (non-hydrogen) atoms. The van der Waals surface area contributed by atoms with Crippen molar-refractivity contribution >= 4 is 17.3 Å². The van der Waals surface area contributed by atoms with Gasteiger partial charge in [0.05, 0.1) is 17.4 Å². The largest absolute Gasteiger partial charge is 0.377 e. The molecule has 0 aliphatic heterocycles. The molecule has 1 unspecified atom stereocenters. The van der Waals surface area contributed by atoms with E-state index in [4.69, 9.17) is 11.6 Å². The second kappa shape index (κ2) is 5.93. The molecule has 0 aliphatic rings. The van der Waals surface area contributed by atoms with Crippen LogP contribution >= 0.6 is 11.6 Å². The maximum absolute atomic E-state index is 6.11. The highest BCUT2D eigenvalue weighted by Gasteiger charge is 2.11. The normalized spacial score (nSPS) is 12.1. The molecule has 1 aromatic carbocycles. The van der Waals surface area contributed by atoms with Crippen LogP contribution in [0.1, 0.15) is 18.5 Å². The van der Waals surface area contributed by atoms with Crippen molar-refractivity contribution in [3.8, 4) is 5.69 Å². The molecule has 2 heterocycles. The van der Waals surface area contributed by atoms with Gasteiger partial charge in [-0.3, -0.25) is 4.98 Å². The Morgan fingerprint density at radius 1 is 1.24 bits per heavy atom. The zero-order valence-corrected chi connectivity index (χ0v) is 12.2. The summed E-state index contributed by atoms with van der Waals surface area (Å²) in [5, 5.41) is 8.28. The van der Waals surface area contributed by atoms with Crippen LogP contribution in [0.4, 0.5) is 5.69 Å². The van der Waals surface area contributed by atoms with Crippen molar-refractivity contribution in [2.24, 2.45) is 0 Å². The molecule has 0 radical (unpaired) electrons. The van der Waals surface area contributed by atoms with Gasteiger partial charge in [-0.1, -0.05) is 17.7 Å². The summed E-state index contributed by atoms with van der Waals surface area (Å²) in [4.78, 5) is 8.12. The monoisotopic (exact) mass is 299 g/mol. The lowest BCUT2D eigenvalue weighted by Crippen LogP contribution is -2.10. The van der Waals surface area contributed by atoms with Gasteiger partial charge in [0, 0.05) is 17.4 Å². The maximum atomic E-state index is 6.11. The molecular formula is C15H14ClN5. The van der Waals surface area contributed by atoms with E-state index in [1.54, 1.807) is 17.2 Å². The number of halogens is 1. The molecule has 0 saturated heterocycles. The Morgan fingerprint density at radius 3 is 2.86 bits per heavy atom. The van der Waals surface area contributed by atoms with Gasteiger partial charge in [-0.2, -0.15) is 5.10 Å². The smallest absolute Gasteiger partial charge is 0.138 e. The molecule has 0 aliphatic carbocycles. The van der Waals surface area contributed by atoms with E-state index < -0.39 is 0 Å². The summed E-state index contributed by atoms with van der Waals surface area (Å²) in [6.45, 7) is 2.07. The average molecular weight is 300 g/mol. The number of nitrogens with one attached hydrogen (secondary N) is 1. The van der Waals surface area contributed by atoms with Crippen LogP contribution < -0.4 is 5.32 Å². The van der Waals surface area contributed by atoms with Gasteiger partial charge in [0.15, 0.2) is 0 Å². The first-order chi connectivity index (χ1) is 10.2. The van der Waals surface area contributed by atoms with E-state index in [9.17, 15) is 0 Å². The maximum Gasteiger partial charge on any atom is 0.138 e. The van der Waals surface area contributed by atoms with Crippen LogP contribution in [0.25, 0.3) is 5.69 Å². The zero-order chi connectivity index (χ0) is 14.7. The fourth-order valence-electron chi connectivity index (χ4n) is 2.10. The van der Waals surface area contributed by atoms with Crippen molar-refractivity contribution in [3.05, 3.63) is 66.0 Å². The highest BCUT2D eigenvalue weighted by molar-refractivity contribution is 6.31. The molecule has 0 spiro atoms. The molecule has 3 rings (SSSR count). The first-order valence-electron chi connectivity index (χ1n) is 6.55. The third-order valence-electron chi connectivity index (χ3n) is 3.18. The van der Waals surface area contributed by atoms with Crippen molar-refractivity contribution < 1.29 is 0 Å². The first-order valence-corrected chi connectivity index (χ1v) is 6.93. The second-order valence-electron chi connectivity index (χ2n) is 4.65. The van der Waals surface area contributed by atoms with Gasteiger partial charge in [0.1, 0.15) is 12.7 Å². The van der Waals surface area contributed by atoms with Crippen molar-refractivity contribution in [1.82, 2.24) is 19.7 Å². The average Bonchev–Trinajstić information content (AvgIpc) is 3.02. The molecule has 3 aromatic rings. The summed E-state index contributed by atoms with van der Waals surface area (Å²) in [6.07, 6.45) is 6.76. The number of nitrogens with zero attached hydrogens (tertiary/aromatic N) is 4. The van der Waals surface area contributed by atoms with Crippen LogP contribution in [0.2, 0.25) is 5.02 Å². The third kappa shape index (κ3) is 3.03. The summed E-state index contributed by atoms with van der Waals surface area (Å²) in [5.41, 5.74) is 2.89. The zero-order valence-electron chi connectivity index (χ0n) is 11.4. The molecule has 0 saturated carbocycles. The van der Waals surface area contributed by atoms with E-state index in [-0.39, 0.29) is 6.04 Å². The van der Waals surface area contributed by atoms with Crippen LogP contribution in [0.3, 0.4) is 0 Å². The van der Waals surface area contributed by atoms with Crippen LogP contribution in [-0.4, -0.2) is 19.7 Å². The standard InChI is InChI=1S/C15H14ClN5/c1-11(12-3-2-6-17-8-12)20-14-7-13(16)4-5-15(14)21-10-18-9-19-21/h2-11,20H,1H3. The summed E-state index contributed by atoms with van der Waals surface area (Å²) in [6, 6.07) is 9.67. The van der Waals surface area contributed by atoms with Crippen molar-refractivity contribution in [1.29, 1.82) is 0 Å². The predicted molar refractivity (Wildman–Crippen MR) is 82.6 cm³/mol. The Morgan fingerprint density at radius 2 is 2.14 bits per heavy atom. The van der Waals surface area contributed by atoms with Gasteiger partial charge in [0.2, 0.25) is 0 Å². The summed E-state index contributed by atoms with van der Waals surface area (Å²) < 4.78 is 1.70. The van der Waals surface area contributed by atoms with E-state index in [2.05, 4.69) is 27.3 Å². The van der Waals surface area contributed by atoms with Crippen LogP contribution in [0, 0.1) is 0 Å². The summed E-state index contributed by atoms with van der Waals surface area (Å²) in [7, 11) is 0. The SMILES string of the molecule is CC(Nc1cc(Cl)ccc1-n1cncn1)c1cccnc1. The van der Waals surface area contributed by atoms with E-state index in [1.165, 1.54) is 6.33 Å². The van der Waals surface area contributed by atoms with Gasteiger partial charge >= 0.3 is 0 Å². The van der Waals surface area contributed by atoms with Crippen LogP contribution in [0.5, 0.6) is 0 Å². The van der Waals surface area contributed by atoms with Gasteiger partial charge in [-0.15, -0.1) is 0 Å². The van der Waals surface area contributed by atoms with Gasteiger partial charge in [-0.25, -0.2) is 9.67 Å². The molecule has 1 N–H and O–H groups in total. The first kappa shape index (κ1) is 13.6. The molecule has 5 nitrogen and oxygen atoms in total. The number of hydrogen-bond donors (Lipinski definition) is 1. The molecular weight excluding hydrogens is 286 g/mol. The molecule has 6 heteroatoms. The predicted octanol–water partition coefficient (Wildman–Crippen LogP) is 3.49. The topological polar surface area (TPSA) is 55.6 Å². The summed E-state index contributed by atoms with van der Waals surface area (Å²) >= 11 is 6.11. The summed E-state index contributed by atoms with van der Waals surface area (Å²) in [5.74, 6) is 0. The molecule has 0 fully saturated rings. The molecule has 0 bridgehead atoms. The van der Waals surface area contributed by atoms with E-state index in [1.807, 2.05) is 36.5 Å². The highest BCUT2D eigenvalue weighted by atomic mass is 35.5. The van der Waals surface area contributed by atoms with Gasteiger partial charge in [-0.05, 0) is 36.8 Å². The van der Waals surface area contributed by atoms with E-state index >= 15 is 0 Å². The Labute approximate surface area is 127 Å². The van der Waals surface area contributed by atoms with Crippen molar-refractivity contribution in [3.63, 3.8) is 0 Å². The Kier molecular flexibility index (Phi) is 3.83. The van der Waals surface area contributed by atoms with Crippen molar-refractivity contribution in [2.45, 2.75) is 13.0 Å². The molecule has 2 aromatic heterocycles. The number of pyridine rings is 1. The lowest BCUT2D eigenvalue weighted by molar-refractivity contribution is 0.849. The molecule has 1 atom stereocenters. The minimum atomic E-state index is 0.0967. The van der Waals surface area contributed by atoms with Gasteiger partial charge in [0.25, 0.3) is 0 Å². The van der Waals surface area contributed by atoms with Gasteiger partial charge < -0.3 is 5.32 Å². The number of hydrogen-bond acceptors (Lipinski definition) is 4. The third-order valence-corrected chi connectivity index (χ3v) is 3.42. The Hall–Kier alpha value is -2.40. The number of anilines is 1. The fraction of sp³-hybridized carbons (Fsp3) is 0.133. The van der Waals surface area contributed by atoms with E-state index in [0.717, 1.165) is 16.9 Å². The minimum absolute atomic E-state index is 0.0967. The second-order valence-corrected chi connectivity index (χ2v) is 5.09. The van der Waals surface area contributed by atoms with Crippen LogP contribution in [0.15, 0.2) is 55.4 Å². The van der Waals surface area contributed by atoms with Crippen LogP contribution in [-0.2, 0) is 0 Å². The van der Waals surface area contributed by atoms with E-state index in [0.29, 0.717) is 5.02 Å². The Bertz CT molecular complexity index is 712. The number of rotatable bonds is 4. The molecule has 0 amide bonds. The Balaban J connectivity index is 1.93. The number of aromatic nitrogens is 4. The quantitative estimate of drug-likeness (QED) is 0.801. The lowest BCUT2D eigenvalue weighted by atomic mass is 10.1. The minimum Gasteiger partial charge on any atom is -0.377 e. The fourth-order valence-corrected chi connectivity index (χ4v) is 2.28. The lowest BCUT2D eigenvalue weighted by Gasteiger charge is -2.18. The van der Waals surface area contributed by atoms with Crippen molar-refractivity contribution in [2.75, 3.05) is 5.32 Å². The highest BCUT2D eigenvalue weighted by Crippen LogP contribution is 2.27.